The first-order valence-corrected chi connectivity index (χ1v) is 12.0. The number of hydrogen-bond acceptors (Lipinski definition) is 5. The van der Waals surface area contributed by atoms with E-state index in [-0.39, 0.29) is 25.1 Å². The van der Waals surface area contributed by atoms with E-state index in [4.69, 9.17) is 4.74 Å². The third-order valence-electron chi connectivity index (χ3n) is 6.21. The fourth-order valence-electron chi connectivity index (χ4n) is 4.57. The van der Waals surface area contributed by atoms with E-state index in [9.17, 15) is 18.0 Å². The first-order chi connectivity index (χ1) is 16.8. The summed E-state index contributed by atoms with van der Waals surface area (Å²) in [7, 11) is 0. The molecule has 10 heteroatoms. The van der Waals surface area contributed by atoms with Crippen molar-refractivity contribution in [2.75, 3.05) is 11.9 Å². The van der Waals surface area contributed by atoms with E-state index in [2.05, 4.69) is 20.6 Å². The molecule has 0 bridgehead atoms. The molecule has 3 aromatic rings. The Labute approximate surface area is 202 Å². The second kappa shape index (κ2) is 11.0. The number of halogens is 3. The highest BCUT2D eigenvalue weighted by molar-refractivity contribution is 5.87. The van der Waals surface area contributed by atoms with Gasteiger partial charge in [-0.15, -0.1) is 0 Å². The van der Waals surface area contributed by atoms with Crippen molar-refractivity contribution in [3.05, 3.63) is 42.7 Å². The highest BCUT2D eigenvalue weighted by Gasteiger charge is 2.26. The predicted octanol–water partition coefficient (Wildman–Crippen LogP) is 5.60. The van der Waals surface area contributed by atoms with Crippen molar-refractivity contribution in [2.45, 2.75) is 64.2 Å². The maximum atomic E-state index is 12.4. The molecule has 1 saturated carbocycles. The monoisotopic (exact) mass is 489 g/mol. The van der Waals surface area contributed by atoms with Crippen LogP contribution in [-0.4, -0.2) is 39.4 Å². The van der Waals surface area contributed by atoms with E-state index in [1.165, 1.54) is 13.3 Å². The number of fused-ring (bicyclic) bond motifs is 1. The number of aromatic nitrogens is 3. The zero-order valence-electron chi connectivity index (χ0n) is 19.6. The van der Waals surface area contributed by atoms with Gasteiger partial charge in [0.25, 0.3) is 0 Å². The number of nitrogens with zero attached hydrogens (tertiary/aromatic N) is 3. The Balaban J connectivity index is 1.52. The topological polar surface area (TPSA) is 81.1 Å². The number of ether oxygens (including phenoxy) is 1. The number of carbonyl (C=O) groups is 1. The SMILES string of the molecule is CC(=O)NC(Nc1nccc(-n2ccc3c(OCCCC(F)(F)F)cccc32)n1)C1CCCCC1. The summed E-state index contributed by atoms with van der Waals surface area (Å²) in [6.07, 6.45) is 3.64. The predicted molar refractivity (Wildman–Crippen MR) is 127 cm³/mol. The van der Waals surface area contributed by atoms with E-state index in [0.717, 1.165) is 36.6 Å². The molecule has 2 aromatic heterocycles. The Morgan fingerprint density at radius 2 is 2.00 bits per heavy atom. The van der Waals surface area contributed by atoms with E-state index >= 15 is 0 Å². The van der Waals surface area contributed by atoms with Gasteiger partial charge < -0.3 is 19.9 Å². The maximum Gasteiger partial charge on any atom is 0.389 e. The van der Waals surface area contributed by atoms with E-state index in [1.807, 2.05) is 22.9 Å². The van der Waals surface area contributed by atoms with Gasteiger partial charge >= 0.3 is 6.18 Å². The average molecular weight is 490 g/mol. The summed E-state index contributed by atoms with van der Waals surface area (Å²) in [5.41, 5.74) is 0.814. The summed E-state index contributed by atoms with van der Waals surface area (Å²) in [5, 5.41) is 7.09. The number of carbonyl (C=O) groups excluding carboxylic acids is 1. The van der Waals surface area contributed by atoms with Crippen molar-refractivity contribution in [1.29, 1.82) is 0 Å². The number of amides is 1. The zero-order chi connectivity index (χ0) is 24.8. The molecule has 1 atom stereocenters. The summed E-state index contributed by atoms with van der Waals surface area (Å²) in [4.78, 5) is 20.8. The van der Waals surface area contributed by atoms with Crippen LogP contribution < -0.4 is 15.4 Å². The van der Waals surface area contributed by atoms with Gasteiger partial charge in [-0.05, 0) is 49.4 Å². The summed E-state index contributed by atoms with van der Waals surface area (Å²) in [5.74, 6) is 1.76. The van der Waals surface area contributed by atoms with Crippen LogP contribution in [-0.2, 0) is 4.79 Å². The largest absolute Gasteiger partial charge is 0.493 e. The lowest BCUT2D eigenvalue weighted by atomic mass is 9.87. The first-order valence-electron chi connectivity index (χ1n) is 12.0. The molecule has 7 nitrogen and oxygen atoms in total. The van der Waals surface area contributed by atoms with Crippen LogP contribution >= 0.6 is 0 Å². The standard InChI is InChI=1S/C25H30F3N5O2/c1-17(34)30-23(18-7-3-2-4-8-18)32-24-29-14-11-22(31-24)33-15-12-19-20(33)9-5-10-21(19)35-16-6-13-25(26,27)28/h5,9-12,14-15,18,23H,2-4,6-8,13,16H2,1H3,(H,30,34)(H,29,31,32). The van der Waals surface area contributed by atoms with Gasteiger partial charge in [0.05, 0.1) is 12.1 Å². The fourth-order valence-corrected chi connectivity index (χ4v) is 4.57. The Morgan fingerprint density at radius 3 is 2.74 bits per heavy atom. The number of anilines is 1. The van der Waals surface area contributed by atoms with Crippen molar-refractivity contribution < 1.29 is 22.7 Å². The summed E-state index contributed by atoms with van der Waals surface area (Å²) < 4.78 is 44.7. The lowest BCUT2D eigenvalue weighted by molar-refractivity contribution is -0.136. The molecule has 1 amide bonds. The van der Waals surface area contributed by atoms with Crippen LogP contribution in [0.4, 0.5) is 19.1 Å². The number of alkyl halides is 3. The fraction of sp³-hybridized carbons (Fsp3) is 0.480. The van der Waals surface area contributed by atoms with E-state index < -0.39 is 12.6 Å². The Hall–Kier alpha value is -3.30. The Kier molecular flexibility index (Phi) is 7.77. The number of benzene rings is 1. The smallest absolute Gasteiger partial charge is 0.389 e. The highest BCUT2D eigenvalue weighted by Crippen LogP contribution is 2.30. The third kappa shape index (κ3) is 6.64. The molecule has 0 saturated heterocycles. The molecule has 2 heterocycles. The average Bonchev–Trinajstić information content (AvgIpc) is 3.26. The van der Waals surface area contributed by atoms with Crippen molar-refractivity contribution in [3.63, 3.8) is 0 Å². The van der Waals surface area contributed by atoms with Crippen LogP contribution in [0.2, 0.25) is 0 Å². The van der Waals surface area contributed by atoms with Crippen LogP contribution in [0.1, 0.15) is 51.9 Å². The van der Waals surface area contributed by atoms with Crippen molar-refractivity contribution in [2.24, 2.45) is 5.92 Å². The Bertz CT molecular complexity index is 1140. The van der Waals surface area contributed by atoms with Gasteiger partial charge in [0.2, 0.25) is 11.9 Å². The first kappa shape index (κ1) is 24.8. The molecule has 188 valence electrons. The van der Waals surface area contributed by atoms with Gasteiger partial charge in [-0.2, -0.15) is 18.2 Å². The van der Waals surface area contributed by atoms with Crippen molar-refractivity contribution in [1.82, 2.24) is 19.9 Å². The molecule has 1 aliphatic carbocycles. The molecule has 1 aliphatic rings. The summed E-state index contributed by atoms with van der Waals surface area (Å²) in [6, 6.07) is 9.07. The molecule has 1 aromatic carbocycles. The Morgan fingerprint density at radius 1 is 1.20 bits per heavy atom. The zero-order valence-corrected chi connectivity index (χ0v) is 19.6. The number of nitrogens with one attached hydrogen (secondary N) is 2. The van der Waals surface area contributed by atoms with Gasteiger partial charge in [-0.3, -0.25) is 4.79 Å². The van der Waals surface area contributed by atoms with Gasteiger partial charge in [0, 0.05) is 31.1 Å². The maximum absolute atomic E-state index is 12.4. The van der Waals surface area contributed by atoms with Gasteiger partial charge in [0.1, 0.15) is 17.7 Å². The lowest BCUT2D eigenvalue weighted by Crippen LogP contribution is -2.46. The molecule has 0 spiro atoms. The third-order valence-corrected chi connectivity index (χ3v) is 6.21. The number of rotatable bonds is 9. The van der Waals surface area contributed by atoms with Crippen molar-refractivity contribution in [3.8, 4) is 11.6 Å². The van der Waals surface area contributed by atoms with Gasteiger partial charge in [-0.25, -0.2) is 4.98 Å². The van der Waals surface area contributed by atoms with Gasteiger partial charge in [0.15, 0.2) is 0 Å². The molecule has 1 fully saturated rings. The normalized spacial score (nSPS) is 15.7. The quantitative estimate of drug-likeness (QED) is 0.302. The minimum atomic E-state index is -4.19. The summed E-state index contributed by atoms with van der Waals surface area (Å²) >= 11 is 0. The molecule has 4 rings (SSSR count). The molecule has 2 N–H and O–H groups in total. The molecule has 0 aliphatic heterocycles. The molecular weight excluding hydrogens is 459 g/mol. The minimum absolute atomic E-state index is 0.0168. The second-order valence-corrected chi connectivity index (χ2v) is 8.90. The van der Waals surface area contributed by atoms with Crippen LogP contribution in [0, 0.1) is 5.92 Å². The van der Waals surface area contributed by atoms with Crippen LogP contribution in [0.25, 0.3) is 16.7 Å². The van der Waals surface area contributed by atoms with Crippen LogP contribution in [0.15, 0.2) is 42.7 Å². The van der Waals surface area contributed by atoms with Gasteiger partial charge in [-0.1, -0.05) is 25.3 Å². The lowest BCUT2D eigenvalue weighted by Gasteiger charge is -2.31. The van der Waals surface area contributed by atoms with Crippen molar-refractivity contribution >= 4 is 22.8 Å². The molecule has 1 unspecified atom stereocenters. The second-order valence-electron chi connectivity index (χ2n) is 8.90. The minimum Gasteiger partial charge on any atom is -0.493 e. The number of hydrogen-bond donors (Lipinski definition) is 2. The molecule has 0 radical (unpaired) electrons. The molecule has 35 heavy (non-hydrogen) atoms. The van der Waals surface area contributed by atoms with E-state index in [0.29, 0.717) is 23.4 Å². The van der Waals surface area contributed by atoms with Crippen LogP contribution in [0.5, 0.6) is 5.75 Å². The summed E-state index contributed by atoms with van der Waals surface area (Å²) in [6.45, 7) is 1.49. The van der Waals surface area contributed by atoms with Crippen LogP contribution in [0.3, 0.4) is 0 Å². The highest BCUT2D eigenvalue weighted by atomic mass is 19.4. The molecular formula is C25H30F3N5O2. The van der Waals surface area contributed by atoms with E-state index in [1.54, 1.807) is 24.4 Å².